The molecule has 3 aromatic rings. The molecule has 1 aliphatic rings. The molecule has 1 atom stereocenters. The molecule has 1 heterocycles. The third-order valence-electron chi connectivity index (χ3n) is 6.98. The number of amides is 1. The second-order valence-electron chi connectivity index (χ2n) is 9.93. The summed E-state index contributed by atoms with van der Waals surface area (Å²) in [6.45, 7) is 8.94. The number of aryl methyl sites for hydroxylation is 1. The first kappa shape index (κ1) is 24.5. The summed E-state index contributed by atoms with van der Waals surface area (Å²) in [7, 11) is 0. The molecule has 4 rings (SSSR count). The monoisotopic (exact) mass is 479 g/mol. The fourth-order valence-corrected chi connectivity index (χ4v) is 5.20. The number of aromatic nitrogens is 2. The molecule has 0 aliphatic heterocycles. The molecular formula is C28H34ClN3O2. The lowest BCUT2D eigenvalue weighted by Gasteiger charge is -2.33. The van der Waals surface area contributed by atoms with E-state index in [4.69, 9.17) is 16.6 Å². The SMILES string of the molecule is Cc1cc(Cl)ccc1-n1c(C(C)N(CCC(C)C)C(=O)C2CCCC2)nc2ccccc2c1=O. The molecule has 0 spiro atoms. The lowest BCUT2D eigenvalue weighted by molar-refractivity contribution is -0.138. The Kier molecular flexibility index (Phi) is 7.42. The van der Waals surface area contributed by atoms with Gasteiger partial charge in [-0.3, -0.25) is 14.2 Å². The van der Waals surface area contributed by atoms with Crippen LogP contribution >= 0.6 is 11.6 Å². The number of rotatable bonds is 7. The molecule has 180 valence electrons. The molecule has 1 amide bonds. The predicted molar refractivity (Wildman–Crippen MR) is 139 cm³/mol. The lowest BCUT2D eigenvalue weighted by Crippen LogP contribution is -2.41. The number of para-hydroxylation sites is 1. The van der Waals surface area contributed by atoms with Crippen LogP contribution in [0.1, 0.15) is 70.3 Å². The summed E-state index contributed by atoms with van der Waals surface area (Å²) in [5.41, 5.74) is 2.15. The van der Waals surface area contributed by atoms with Crippen LogP contribution in [0.4, 0.5) is 0 Å². The van der Waals surface area contributed by atoms with E-state index < -0.39 is 0 Å². The summed E-state index contributed by atoms with van der Waals surface area (Å²) in [5, 5.41) is 1.18. The summed E-state index contributed by atoms with van der Waals surface area (Å²) in [6, 6.07) is 12.6. The van der Waals surface area contributed by atoms with Crippen molar-refractivity contribution in [2.75, 3.05) is 6.54 Å². The Morgan fingerprint density at radius 2 is 1.85 bits per heavy atom. The van der Waals surface area contributed by atoms with Crippen LogP contribution in [0.15, 0.2) is 47.3 Å². The number of nitrogens with zero attached hydrogens (tertiary/aromatic N) is 3. The first-order chi connectivity index (χ1) is 16.3. The third kappa shape index (κ3) is 4.90. The number of hydrogen-bond acceptors (Lipinski definition) is 3. The molecule has 6 heteroatoms. The van der Waals surface area contributed by atoms with Crippen molar-refractivity contribution in [3.05, 3.63) is 69.2 Å². The normalized spacial score (nSPS) is 15.2. The van der Waals surface area contributed by atoms with Gasteiger partial charge in [-0.1, -0.05) is 50.4 Å². The number of benzene rings is 2. The average Bonchev–Trinajstić information content (AvgIpc) is 3.34. The predicted octanol–water partition coefficient (Wildman–Crippen LogP) is 6.47. The Hall–Kier alpha value is -2.66. The van der Waals surface area contributed by atoms with Crippen molar-refractivity contribution >= 4 is 28.4 Å². The molecule has 1 saturated carbocycles. The van der Waals surface area contributed by atoms with Crippen molar-refractivity contribution in [2.45, 2.75) is 65.8 Å². The van der Waals surface area contributed by atoms with Gasteiger partial charge < -0.3 is 4.90 Å². The van der Waals surface area contributed by atoms with E-state index in [1.54, 1.807) is 16.7 Å². The topological polar surface area (TPSA) is 55.2 Å². The van der Waals surface area contributed by atoms with Gasteiger partial charge in [-0.15, -0.1) is 0 Å². The van der Waals surface area contributed by atoms with Crippen molar-refractivity contribution in [1.82, 2.24) is 14.5 Å². The summed E-state index contributed by atoms with van der Waals surface area (Å²) in [6.07, 6.45) is 4.99. The number of carbonyl (C=O) groups excluding carboxylic acids is 1. The van der Waals surface area contributed by atoms with Crippen molar-refractivity contribution in [3.63, 3.8) is 0 Å². The van der Waals surface area contributed by atoms with Crippen LogP contribution in [0.3, 0.4) is 0 Å². The van der Waals surface area contributed by atoms with E-state index in [0.717, 1.165) is 43.4 Å². The quantitative estimate of drug-likeness (QED) is 0.390. The zero-order valence-electron chi connectivity index (χ0n) is 20.6. The third-order valence-corrected chi connectivity index (χ3v) is 7.21. The lowest BCUT2D eigenvalue weighted by atomic mass is 10.0. The minimum absolute atomic E-state index is 0.0625. The first-order valence-corrected chi connectivity index (χ1v) is 12.7. The maximum Gasteiger partial charge on any atom is 0.266 e. The molecule has 0 N–H and O–H groups in total. The summed E-state index contributed by atoms with van der Waals surface area (Å²) >= 11 is 6.22. The minimum atomic E-state index is -0.348. The van der Waals surface area contributed by atoms with Crippen molar-refractivity contribution in [3.8, 4) is 5.69 Å². The van der Waals surface area contributed by atoms with Crippen LogP contribution in [0.25, 0.3) is 16.6 Å². The second kappa shape index (κ2) is 10.3. The van der Waals surface area contributed by atoms with E-state index in [2.05, 4.69) is 13.8 Å². The second-order valence-corrected chi connectivity index (χ2v) is 10.4. The standard InChI is InChI=1S/C28H34ClN3O2/c1-18(2)15-16-31(27(33)21-9-5-6-10-21)20(4)26-30-24-12-8-7-11-23(24)28(34)32(26)25-14-13-22(29)17-19(25)3/h7-8,11-14,17-18,20-21H,5-6,9-10,15-16H2,1-4H3. The zero-order chi connectivity index (χ0) is 24.4. The molecule has 1 unspecified atom stereocenters. The van der Waals surface area contributed by atoms with Crippen LogP contribution in [0, 0.1) is 18.8 Å². The Morgan fingerprint density at radius 1 is 1.15 bits per heavy atom. The van der Waals surface area contributed by atoms with Crippen LogP contribution in [0.5, 0.6) is 0 Å². The molecule has 5 nitrogen and oxygen atoms in total. The molecule has 0 bridgehead atoms. The molecule has 1 aliphatic carbocycles. The van der Waals surface area contributed by atoms with Gasteiger partial charge in [0.1, 0.15) is 5.82 Å². The maximum atomic E-state index is 13.8. The van der Waals surface area contributed by atoms with Crippen LogP contribution in [0.2, 0.25) is 5.02 Å². The summed E-state index contributed by atoms with van der Waals surface area (Å²) in [4.78, 5) is 34.4. The van der Waals surface area contributed by atoms with Gasteiger partial charge in [0.15, 0.2) is 0 Å². The maximum absolute atomic E-state index is 13.8. The molecule has 1 fully saturated rings. The highest BCUT2D eigenvalue weighted by atomic mass is 35.5. The largest absolute Gasteiger partial charge is 0.333 e. The van der Waals surface area contributed by atoms with E-state index in [1.807, 2.05) is 49.1 Å². The number of fused-ring (bicyclic) bond motifs is 1. The van der Waals surface area contributed by atoms with Crippen molar-refractivity contribution < 1.29 is 4.79 Å². The van der Waals surface area contributed by atoms with Crippen LogP contribution in [-0.2, 0) is 4.79 Å². The Bertz CT molecular complexity index is 1240. The van der Waals surface area contributed by atoms with Gasteiger partial charge in [0.2, 0.25) is 5.91 Å². The van der Waals surface area contributed by atoms with Gasteiger partial charge in [0.25, 0.3) is 5.56 Å². The minimum Gasteiger partial charge on any atom is -0.333 e. The van der Waals surface area contributed by atoms with E-state index in [0.29, 0.717) is 34.2 Å². The molecule has 2 aromatic carbocycles. The Balaban J connectivity index is 1.89. The fourth-order valence-electron chi connectivity index (χ4n) is 4.97. The van der Waals surface area contributed by atoms with E-state index in [9.17, 15) is 9.59 Å². The van der Waals surface area contributed by atoms with Gasteiger partial charge in [0, 0.05) is 17.5 Å². The Labute approximate surface area is 206 Å². The van der Waals surface area contributed by atoms with E-state index in [-0.39, 0.29) is 23.4 Å². The van der Waals surface area contributed by atoms with Crippen molar-refractivity contribution in [1.29, 1.82) is 0 Å². The molecule has 34 heavy (non-hydrogen) atoms. The molecule has 0 radical (unpaired) electrons. The van der Waals surface area contributed by atoms with Gasteiger partial charge in [-0.05, 0) is 74.9 Å². The first-order valence-electron chi connectivity index (χ1n) is 12.4. The number of hydrogen-bond donors (Lipinski definition) is 0. The highest BCUT2D eigenvalue weighted by Crippen LogP contribution is 2.32. The van der Waals surface area contributed by atoms with Gasteiger partial charge in [-0.25, -0.2) is 4.98 Å². The van der Waals surface area contributed by atoms with Crippen molar-refractivity contribution in [2.24, 2.45) is 11.8 Å². The zero-order valence-corrected chi connectivity index (χ0v) is 21.3. The molecule has 1 aromatic heterocycles. The summed E-state index contributed by atoms with van der Waals surface area (Å²) in [5.74, 6) is 1.31. The van der Waals surface area contributed by atoms with Gasteiger partial charge in [0.05, 0.1) is 22.6 Å². The van der Waals surface area contributed by atoms with Gasteiger partial charge in [-0.2, -0.15) is 0 Å². The number of carbonyl (C=O) groups is 1. The summed E-state index contributed by atoms with van der Waals surface area (Å²) < 4.78 is 1.68. The van der Waals surface area contributed by atoms with E-state index >= 15 is 0 Å². The average molecular weight is 480 g/mol. The smallest absolute Gasteiger partial charge is 0.266 e. The highest BCUT2D eigenvalue weighted by molar-refractivity contribution is 6.30. The van der Waals surface area contributed by atoms with Crippen LogP contribution in [-0.4, -0.2) is 26.9 Å². The Morgan fingerprint density at radius 3 is 2.53 bits per heavy atom. The molecule has 0 saturated heterocycles. The highest BCUT2D eigenvalue weighted by Gasteiger charge is 2.32. The fraction of sp³-hybridized carbons (Fsp3) is 0.464. The van der Waals surface area contributed by atoms with Crippen LogP contribution < -0.4 is 5.56 Å². The van der Waals surface area contributed by atoms with Gasteiger partial charge >= 0.3 is 0 Å². The van der Waals surface area contributed by atoms with E-state index in [1.165, 1.54) is 0 Å². The molecular weight excluding hydrogens is 446 g/mol. The number of halogens is 1.